The molecule has 2 aliphatic carbocycles. The molecule has 5 fully saturated rings. The van der Waals surface area contributed by atoms with E-state index in [1.165, 1.54) is 0 Å². The molecule has 5 aliphatic rings. The number of hydrogen-bond acceptors (Lipinski definition) is 7. The Morgan fingerprint density at radius 2 is 1.68 bits per heavy atom. The van der Waals surface area contributed by atoms with Gasteiger partial charge >= 0.3 is 11.9 Å². The first-order valence-corrected chi connectivity index (χ1v) is 7.64. The number of ether oxygens (including phenoxy) is 3. The number of carbonyl (C=O) groups excluding carboxylic acids is 2. The van der Waals surface area contributed by atoms with Gasteiger partial charge in [0.2, 0.25) is 0 Å². The van der Waals surface area contributed by atoms with Crippen molar-refractivity contribution in [3.8, 4) is 0 Å². The number of esters is 2. The maximum atomic E-state index is 12.4. The van der Waals surface area contributed by atoms with Crippen molar-refractivity contribution < 1.29 is 34.0 Å². The van der Waals surface area contributed by atoms with Crippen molar-refractivity contribution in [3.63, 3.8) is 0 Å². The Kier molecular flexibility index (Phi) is 1.93. The summed E-state index contributed by atoms with van der Waals surface area (Å²) < 4.78 is 16.5. The number of rotatable bonds is 1. The molecule has 0 amide bonds. The van der Waals surface area contributed by atoms with Gasteiger partial charge in [-0.2, -0.15) is 0 Å². The minimum atomic E-state index is -1.55. The fourth-order valence-electron chi connectivity index (χ4n) is 5.78. The number of fused-ring (bicyclic) bond motifs is 7. The van der Waals surface area contributed by atoms with E-state index in [1.54, 1.807) is 20.8 Å². The number of epoxide rings is 1. The van der Waals surface area contributed by atoms with E-state index in [0.717, 1.165) is 0 Å². The number of hydrogen-bond donors (Lipinski definition) is 2. The number of carbonyl (C=O) groups is 2. The van der Waals surface area contributed by atoms with Crippen molar-refractivity contribution in [1.29, 1.82) is 0 Å². The van der Waals surface area contributed by atoms with Gasteiger partial charge in [-0.3, -0.25) is 9.59 Å². The van der Waals surface area contributed by atoms with Gasteiger partial charge in [-0.05, 0) is 13.8 Å². The Morgan fingerprint density at radius 3 is 2.32 bits per heavy atom. The molecule has 22 heavy (non-hydrogen) atoms. The van der Waals surface area contributed by atoms with Gasteiger partial charge in [-0.25, -0.2) is 0 Å². The predicted molar refractivity (Wildman–Crippen MR) is 68.2 cm³/mol. The fraction of sp³-hybridized carbons (Fsp3) is 0.867. The molecular weight excluding hydrogens is 292 g/mol. The van der Waals surface area contributed by atoms with E-state index < -0.39 is 70.7 Å². The third kappa shape index (κ3) is 1.04. The minimum absolute atomic E-state index is 0.401. The van der Waals surface area contributed by atoms with E-state index in [-0.39, 0.29) is 0 Å². The second-order valence-electron chi connectivity index (χ2n) is 8.02. The molecule has 0 aromatic rings. The van der Waals surface area contributed by atoms with E-state index in [2.05, 4.69) is 0 Å². The molecule has 7 heteroatoms. The van der Waals surface area contributed by atoms with E-state index in [1.807, 2.05) is 0 Å². The Labute approximate surface area is 126 Å². The highest BCUT2D eigenvalue weighted by Gasteiger charge is 2.91. The molecule has 3 aliphatic heterocycles. The summed E-state index contributed by atoms with van der Waals surface area (Å²) in [5, 5.41) is 22.0. The van der Waals surface area contributed by atoms with Crippen molar-refractivity contribution in [2.24, 2.45) is 23.2 Å². The summed E-state index contributed by atoms with van der Waals surface area (Å²) in [5.41, 5.74) is -3.72. The fourth-order valence-corrected chi connectivity index (χ4v) is 5.78. The van der Waals surface area contributed by atoms with Gasteiger partial charge in [-0.15, -0.1) is 0 Å². The summed E-state index contributed by atoms with van der Waals surface area (Å²) >= 11 is 0. The average Bonchev–Trinajstić information content (AvgIpc) is 2.96. The molecule has 0 radical (unpaired) electrons. The normalized spacial score (nSPS) is 60.7. The zero-order chi connectivity index (χ0) is 15.8. The van der Waals surface area contributed by atoms with Crippen LogP contribution in [0.3, 0.4) is 0 Å². The molecule has 0 unspecified atom stereocenters. The predicted octanol–water partition coefficient (Wildman–Crippen LogP) is -1.01. The van der Waals surface area contributed by atoms with Gasteiger partial charge in [0.15, 0.2) is 0 Å². The standard InChI is InChI=1S/C15H18O7/c1-13(2,18)4-5-11(16)21-7(4)9-14(3)6(12(17)22-9)8-10(20-8)15(5,14)19/h4-10,18-19H,1-3H3/t4-,5+,6-,7+,8-,9+,10+,14+,15-/m0/s1. The van der Waals surface area contributed by atoms with Crippen LogP contribution < -0.4 is 0 Å². The van der Waals surface area contributed by atoms with Gasteiger partial charge in [0.1, 0.15) is 30.0 Å². The first-order valence-electron chi connectivity index (χ1n) is 7.64. The quantitative estimate of drug-likeness (QED) is 0.472. The third-order valence-corrected chi connectivity index (χ3v) is 6.69. The zero-order valence-corrected chi connectivity index (χ0v) is 12.5. The third-order valence-electron chi connectivity index (χ3n) is 6.69. The lowest BCUT2D eigenvalue weighted by molar-refractivity contribution is -0.225. The molecule has 0 aromatic heterocycles. The summed E-state index contributed by atoms with van der Waals surface area (Å²) in [6, 6.07) is 0. The Hall–Kier alpha value is -1.18. The molecule has 0 spiro atoms. The van der Waals surface area contributed by atoms with Gasteiger partial charge < -0.3 is 24.4 Å². The Balaban J connectivity index is 1.76. The van der Waals surface area contributed by atoms with Crippen LogP contribution in [0.4, 0.5) is 0 Å². The van der Waals surface area contributed by atoms with Crippen LogP contribution in [-0.2, 0) is 23.8 Å². The average molecular weight is 310 g/mol. The summed E-state index contributed by atoms with van der Waals surface area (Å²) in [7, 11) is 0. The topological polar surface area (TPSA) is 106 Å². The van der Waals surface area contributed by atoms with Crippen LogP contribution in [0.2, 0.25) is 0 Å². The first kappa shape index (κ1) is 13.3. The molecule has 3 heterocycles. The smallest absolute Gasteiger partial charge is 0.312 e. The van der Waals surface area contributed by atoms with Gasteiger partial charge in [0.25, 0.3) is 0 Å². The molecule has 5 rings (SSSR count). The van der Waals surface area contributed by atoms with Gasteiger partial charge in [-0.1, -0.05) is 6.92 Å². The lowest BCUT2D eigenvalue weighted by Gasteiger charge is -2.53. The van der Waals surface area contributed by atoms with Crippen LogP contribution in [0.25, 0.3) is 0 Å². The number of aliphatic hydroxyl groups is 2. The first-order chi connectivity index (χ1) is 10.1. The summed E-state index contributed by atoms with van der Waals surface area (Å²) in [4.78, 5) is 24.7. The zero-order valence-electron chi connectivity index (χ0n) is 12.5. The molecule has 120 valence electrons. The lowest BCUT2D eigenvalue weighted by Crippen LogP contribution is -2.69. The Bertz CT molecular complexity index is 624. The molecule has 2 saturated carbocycles. The maximum absolute atomic E-state index is 12.4. The van der Waals surface area contributed by atoms with Crippen molar-refractivity contribution in [1.82, 2.24) is 0 Å². The lowest BCUT2D eigenvalue weighted by atomic mass is 9.52. The highest BCUT2D eigenvalue weighted by molar-refractivity contribution is 5.85. The largest absolute Gasteiger partial charge is 0.458 e. The van der Waals surface area contributed by atoms with Crippen LogP contribution in [0.5, 0.6) is 0 Å². The highest BCUT2D eigenvalue weighted by atomic mass is 16.6. The van der Waals surface area contributed by atoms with Crippen LogP contribution in [0, 0.1) is 23.2 Å². The molecular formula is C15H18O7. The van der Waals surface area contributed by atoms with Gasteiger partial charge in [0.05, 0.1) is 22.9 Å². The van der Waals surface area contributed by atoms with Crippen LogP contribution in [0.15, 0.2) is 0 Å². The van der Waals surface area contributed by atoms with Crippen LogP contribution >= 0.6 is 0 Å². The van der Waals surface area contributed by atoms with E-state index in [4.69, 9.17) is 14.2 Å². The maximum Gasteiger partial charge on any atom is 0.312 e. The minimum Gasteiger partial charge on any atom is -0.458 e. The van der Waals surface area contributed by atoms with Crippen molar-refractivity contribution >= 4 is 11.9 Å². The van der Waals surface area contributed by atoms with Crippen LogP contribution in [0.1, 0.15) is 20.8 Å². The molecule has 2 N–H and O–H groups in total. The summed E-state index contributed by atoms with van der Waals surface area (Å²) in [6.45, 7) is 4.95. The second kappa shape index (κ2) is 3.20. The SMILES string of the molecule is CC(C)(O)[C@@H]1[C@H]2OC(=O)[C@@H]1[C@]1(O)[C@@H]3O[C@H]3[C@H]3C(=O)O[C@H]2[C@@]31C. The molecule has 7 nitrogen and oxygen atoms in total. The van der Waals surface area contributed by atoms with E-state index in [9.17, 15) is 19.8 Å². The Morgan fingerprint density at radius 1 is 1.05 bits per heavy atom. The summed E-state index contributed by atoms with van der Waals surface area (Å²) in [6.07, 6.45) is -2.44. The molecule has 0 aromatic carbocycles. The van der Waals surface area contributed by atoms with Crippen LogP contribution in [-0.4, -0.2) is 57.8 Å². The van der Waals surface area contributed by atoms with Crippen molar-refractivity contribution in [3.05, 3.63) is 0 Å². The molecule has 2 bridgehead atoms. The van der Waals surface area contributed by atoms with Crippen molar-refractivity contribution in [2.45, 2.75) is 56.4 Å². The van der Waals surface area contributed by atoms with E-state index >= 15 is 0 Å². The molecule has 9 atom stereocenters. The monoisotopic (exact) mass is 310 g/mol. The van der Waals surface area contributed by atoms with Crippen molar-refractivity contribution in [2.75, 3.05) is 0 Å². The second-order valence-corrected chi connectivity index (χ2v) is 8.02. The van der Waals surface area contributed by atoms with E-state index in [0.29, 0.717) is 0 Å². The highest BCUT2D eigenvalue weighted by Crippen LogP contribution is 2.73. The summed E-state index contributed by atoms with van der Waals surface area (Å²) in [5.74, 6) is -3.07. The molecule has 3 saturated heterocycles. The van der Waals surface area contributed by atoms with Gasteiger partial charge in [0, 0.05) is 5.92 Å².